The van der Waals surface area contributed by atoms with Gasteiger partial charge in [-0.2, -0.15) is 0 Å². The van der Waals surface area contributed by atoms with Gasteiger partial charge in [0, 0.05) is 23.9 Å². The van der Waals surface area contributed by atoms with Crippen molar-refractivity contribution >= 4 is 29.2 Å². The molecule has 2 heterocycles. The summed E-state index contributed by atoms with van der Waals surface area (Å²) in [6, 6.07) is 8.54. The van der Waals surface area contributed by atoms with E-state index in [4.69, 9.17) is 0 Å². The highest BCUT2D eigenvalue weighted by atomic mass is 32.1. The van der Waals surface area contributed by atoms with Crippen LogP contribution in [-0.2, 0) is 16.0 Å². The molecular formula is C16H16N4O3S. The van der Waals surface area contributed by atoms with Crippen LogP contribution in [0.4, 0.5) is 4.79 Å². The van der Waals surface area contributed by atoms with E-state index in [9.17, 15) is 14.4 Å². The number of rotatable bonds is 6. The number of carbonyl (C=O) groups is 3. The summed E-state index contributed by atoms with van der Waals surface area (Å²) in [5.41, 5.74) is 1.99. The van der Waals surface area contributed by atoms with Gasteiger partial charge in [0.2, 0.25) is 5.91 Å². The van der Waals surface area contributed by atoms with Crippen LogP contribution in [-0.4, -0.2) is 35.4 Å². The Morgan fingerprint density at radius 3 is 2.75 bits per heavy atom. The molecule has 0 spiro atoms. The van der Waals surface area contributed by atoms with E-state index in [0.717, 1.165) is 16.3 Å². The topological polar surface area (TPSA) is 100 Å². The molecule has 1 atom stereocenters. The second kappa shape index (κ2) is 7.22. The molecule has 2 aromatic rings. The summed E-state index contributed by atoms with van der Waals surface area (Å²) >= 11 is 1.55. The summed E-state index contributed by atoms with van der Waals surface area (Å²) in [4.78, 5) is 38.7. The van der Waals surface area contributed by atoms with Gasteiger partial charge in [-0.1, -0.05) is 30.3 Å². The quantitative estimate of drug-likeness (QED) is 0.682. The molecule has 1 aromatic carbocycles. The van der Waals surface area contributed by atoms with Crippen molar-refractivity contribution in [2.24, 2.45) is 0 Å². The number of amides is 4. The standard InChI is InChI=1S/C16H16N4O3S/c21-13(8-11-15(22)20-16(23)19-11)17-7-6-14-18-12(9-24-14)10-4-2-1-3-5-10/h1-5,9,11H,6-8H2,(H,17,21)(H2,19,20,22,23)/t11-/m1/s1. The molecule has 24 heavy (non-hydrogen) atoms. The lowest BCUT2D eigenvalue weighted by Crippen LogP contribution is -2.36. The Morgan fingerprint density at radius 1 is 1.25 bits per heavy atom. The SMILES string of the molecule is O=C(C[C@H]1NC(=O)NC1=O)NCCc1nc(-c2ccccc2)cs1. The number of hydrogen-bond acceptors (Lipinski definition) is 5. The first kappa shape index (κ1) is 16.1. The van der Waals surface area contributed by atoms with Gasteiger partial charge in [-0.3, -0.25) is 14.9 Å². The van der Waals surface area contributed by atoms with Crippen molar-refractivity contribution in [1.29, 1.82) is 0 Å². The molecule has 0 unspecified atom stereocenters. The van der Waals surface area contributed by atoms with Gasteiger partial charge in [0.05, 0.1) is 17.1 Å². The van der Waals surface area contributed by atoms with Gasteiger partial charge in [0.15, 0.2) is 0 Å². The number of nitrogens with one attached hydrogen (secondary N) is 3. The molecule has 1 aliphatic heterocycles. The Morgan fingerprint density at radius 2 is 2.04 bits per heavy atom. The van der Waals surface area contributed by atoms with Crippen LogP contribution in [0.2, 0.25) is 0 Å². The van der Waals surface area contributed by atoms with Crippen LogP contribution >= 0.6 is 11.3 Å². The average Bonchev–Trinajstić information content (AvgIpc) is 3.15. The summed E-state index contributed by atoms with van der Waals surface area (Å²) in [7, 11) is 0. The molecular weight excluding hydrogens is 328 g/mol. The van der Waals surface area contributed by atoms with E-state index in [1.165, 1.54) is 0 Å². The Balaban J connectivity index is 1.45. The maximum atomic E-state index is 11.8. The van der Waals surface area contributed by atoms with Crippen LogP contribution in [0, 0.1) is 0 Å². The summed E-state index contributed by atoms with van der Waals surface area (Å²) in [5.74, 6) is -0.750. The average molecular weight is 344 g/mol. The van der Waals surface area contributed by atoms with E-state index in [1.807, 2.05) is 35.7 Å². The van der Waals surface area contributed by atoms with E-state index < -0.39 is 18.0 Å². The lowest BCUT2D eigenvalue weighted by molar-refractivity contribution is -0.126. The van der Waals surface area contributed by atoms with Crippen molar-refractivity contribution in [3.63, 3.8) is 0 Å². The fourth-order valence-corrected chi connectivity index (χ4v) is 3.14. The Bertz CT molecular complexity index is 760. The fraction of sp³-hybridized carbons (Fsp3) is 0.250. The molecule has 1 saturated heterocycles. The largest absolute Gasteiger partial charge is 0.356 e. The number of benzene rings is 1. The highest BCUT2D eigenvalue weighted by Crippen LogP contribution is 2.21. The van der Waals surface area contributed by atoms with E-state index >= 15 is 0 Å². The third kappa shape index (κ3) is 3.96. The number of thiazole rings is 1. The zero-order valence-corrected chi connectivity index (χ0v) is 13.6. The van der Waals surface area contributed by atoms with Gasteiger partial charge in [0.25, 0.3) is 5.91 Å². The fourth-order valence-electron chi connectivity index (χ4n) is 2.34. The molecule has 8 heteroatoms. The van der Waals surface area contributed by atoms with Gasteiger partial charge in [-0.05, 0) is 0 Å². The second-order valence-electron chi connectivity index (χ2n) is 5.31. The molecule has 3 N–H and O–H groups in total. The van der Waals surface area contributed by atoms with E-state index in [1.54, 1.807) is 11.3 Å². The molecule has 1 fully saturated rings. The second-order valence-corrected chi connectivity index (χ2v) is 6.25. The maximum absolute atomic E-state index is 11.8. The number of nitrogens with zero attached hydrogens (tertiary/aromatic N) is 1. The Labute approximate surface area is 142 Å². The third-order valence-corrected chi connectivity index (χ3v) is 4.44. The van der Waals surface area contributed by atoms with Crippen molar-refractivity contribution < 1.29 is 14.4 Å². The minimum absolute atomic E-state index is 0.0648. The first-order valence-corrected chi connectivity index (χ1v) is 8.37. The lowest BCUT2D eigenvalue weighted by Gasteiger charge is -2.07. The monoisotopic (exact) mass is 344 g/mol. The smallest absolute Gasteiger partial charge is 0.322 e. The molecule has 0 aliphatic carbocycles. The van der Waals surface area contributed by atoms with E-state index in [-0.39, 0.29) is 12.3 Å². The summed E-state index contributed by atoms with van der Waals surface area (Å²) < 4.78 is 0. The summed E-state index contributed by atoms with van der Waals surface area (Å²) in [6.45, 7) is 0.433. The normalized spacial score (nSPS) is 16.6. The predicted molar refractivity (Wildman–Crippen MR) is 89.3 cm³/mol. The number of imide groups is 1. The zero-order valence-electron chi connectivity index (χ0n) is 12.7. The van der Waals surface area contributed by atoms with Crippen LogP contribution < -0.4 is 16.0 Å². The van der Waals surface area contributed by atoms with Crippen molar-refractivity contribution in [2.75, 3.05) is 6.54 Å². The molecule has 7 nitrogen and oxygen atoms in total. The minimum atomic E-state index is -0.790. The van der Waals surface area contributed by atoms with Crippen LogP contribution in [0.1, 0.15) is 11.4 Å². The first-order valence-electron chi connectivity index (χ1n) is 7.50. The van der Waals surface area contributed by atoms with Crippen molar-refractivity contribution in [1.82, 2.24) is 20.9 Å². The van der Waals surface area contributed by atoms with Crippen LogP contribution in [0.25, 0.3) is 11.3 Å². The molecule has 124 valence electrons. The van der Waals surface area contributed by atoms with Gasteiger partial charge in [-0.25, -0.2) is 9.78 Å². The molecule has 4 amide bonds. The molecule has 1 aromatic heterocycles. The molecule has 0 saturated carbocycles. The van der Waals surface area contributed by atoms with Gasteiger partial charge < -0.3 is 10.6 Å². The van der Waals surface area contributed by atoms with E-state index in [2.05, 4.69) is 20.9 Å². The zero-order chi connectivity index (χ0) is 16.9. The highest BCUT2D eigenvalue weighted by Gasteiger charge is 2.31. The Kier molecular flexibility index (Phi) is 4.85. The lowest BCUT2D eigenvalue weighted by atomic mass is 10.2. The predicted octanol–water partition coefficient (Wildman–Crippen LogP) is 1.07. The summed E-state index contributed by atoms with van der Waals surface area (Å²) in [6.07, 6.45) is 0.553. The number of carbonyl (C=O) groups excluding carboxylic acids is 3. The molecule has 3 rings (SSSR count). The van der Waals surface area contributed by atoms with Crippen molar-refractivity contribution in [2.45, 2.75) is 18.9 Å². The minimum Gasteiger partial charge on any atom is -0.356 e. The molecule has 1 aliphatic rings. The van der Waals surface area contributed by atoms with E-state index in [0.29, 0.717) is 13.0 Å². The highest BCUT2D eigenvalue weighted by molar-refractivity contribution is 7.09. The Hall–Kier alpha value is -2.74. The van der Waals surface area contributed by atoms with Crippen molar-refractivity contribution in [3.05, 3.63) is 40.7 Å². The van der Waals surface area contributed by atoms with Gasteiger partial charge in [-0.15, -0.1) is 11.3 Å². The van der Waals surface area contributed by atoms with Gasteiger partial charge >= 0.3 is 6.03 Å². The number of hydrogen-bond donors (Lipinski definition) is 3. The molecule has 0 radical (unpaired) electrons. The first-order chi connectivity index (χ1) is 11.6. The van der Waals surface area contributed by atoms with Gasteiger partial charge in [0.1, 0.15) is 6.04 Å². The maximum Gasteiger partial charge on any atom is 0.322 e. The van der Waals surface area contributed by atoms with Crippen molar-refractivity contribution in [3.8, 4) is 11.3 Å². The third-order valence-electron chi connectivity index (χ3n) is 3.53. The number of urea groups is 1. The van der Waals surface area contributed by atoms with Crippen LogP contribution in [0.15, 0.2) is 35.7 Å². The van der Waals surface area contributed by atoms with Crippen LogP contribution in [0.5, 0.6) is 0 Å². The molecule has 0 bridgehead atoms. The van der Waals surface area contributed by atoms with Crippen LogP contribution in [0.3, 0.4) is 0 Å². The number of aromatic nitrogens is 1. The summed E-state index contributed by atoms with van der Waals surface area (Å²) in [5, 5.41) is 10.1.